The number of hydrogen-bond donors (Lipinski definition) is 0. The van der Waals surface area contributed by atoms with E-state index in [2.05, 4.69) is 15.7 Å². The van der Waals surface area contributed by atoms with Gasteiger partial charge < -0.3 is 14.0 Å². The number of methoxy groups -OCH3 is 2. The molecule has 2 fully saturated rings. The predicted molar refractivity (Wildman–Crippen MR) is 175 cm³/mol. The van der Waals surface area contributed by atoms with Gasteiger partial charge in [0.1, 0.15) is 29.4 Å². The van der Waals surface area contributed by atoms with E-state index in [1.54, 1.807) is 48.5 Å². The lowest BCUT2D eigenvalue weighted by Crippen LogP contribution is -2.41. The maximum atomic E-state index is 12.3. The average molecular weight is 669 g/mol. The van der Waals surface area contributed by atoms with Gasteiger partial charge in [-0.25, -0.2) is 13.0 Å². The molecule has 13 nitrogen and oxygen atoms in total. The highest BCUT2D eigenvalue weighted by Crippen LogP contribution is 2.40. The molecule has 0 aromatic heterocycles. The first-order valence-electron chi connectivity index (χ1n) is 15.4. The molecule has 2 saturated heterocycles. The smallest absolute Gasteiger partial charge is 0.314 e. The monoisotopic (exact) mass is 668 g/mol. The van der Waals surface area contributed by atoms with E-state index in [0.29, 0.717) is 17.5 Å². The van der Waals surface area contributed by atoms with E-state index < -0.39 is 15.0 Å². The Hall–Kier alpha value is -4.40. The molecule has 3 aromatic rings. The topological polar surface area (TPSA) is 168 Å². The fraction of sp³-hybridized carbons (Fsp3) is 0.424. The molecule has 0 radical (unpaired) electrons. The first-order valence-corrected chi connectivity index (χ1v) is 16.8. The number of likely N-dealkylation sites (tertiary alicyclic amines) is 1. The molecule has 0 spiro atoms. The Morgan fingerprint density at radius 3 is 1.94 bits per heavy atom. The van der Waals surface area contributed by atoms with Crippen LogP contribution in [-0.4, -0.2) is 84.9 Å². The van der Waals surface area contributed by atoms with Crippen LogP contribution >= 0.6 is 0 Å². The van der Waals surface area contributed by atoms with Crippen LogP contribution < -0.4 is 9.47 Å². The molecule has 2 atom stereocenters. The molecule has 2 heterocycles. The first kappa shape index (κ1) is 35.5. The zero-order valence-electron chi connectivity index (χ0n) is 26.7. The summed E-state index contributed by atoms with van der Waals surface area (Å²) in [6.45, 7) is 5.27. The molecule has 0 saturated carbocycles. The SMILES string of the molecule is COc1cccc(CC(C(C=[N+]2CCCC2)c2cccc(OC)c2[N+](=O)[O-])N2CCCC2)c1[N+](=O)[O-].Cc1ccc(S(=O)(=O)[O-])cc1. The van der Waals surface area contributed by atoms with Crippen molar-refractivity contribution in [2.75, 3.05) is 40.4 Å². The molecule has 0 N–H and O–H groups in total. The van der Waals surface area contributed by atoms with Gasteiger partial charge in [-0.05, 0) is 63.5 Å². The Labute approximate surface area is 274 Å². The fourth-order valence-electron chi connectivity index (χ4n) is 6.26. The number of nitro benzene ring substituents is 2. The summed E-state index contributed by atoms with van der Waals surface area (Å²) in [7, 11) is -1.41. The quantitative estimate of drug-likeness (QED) is 0.116. The lowest BCUT2D eigenvalue weighted by molar-refractivity contribution is -0.503. The van der Waals surface area contributed by atoms with Crippen LogP contribution in [0.1, 0.15) is 48.3 Å². The number of nitrogens with zero attached hydrogens (tertiary/aromatic N) is 4. The third-order valence-corrected chi connectivity index (χ3v) is 9.40. The Bertz CT molecular complexity index is 1700. The number of rotatable bonds is 11. The second-order valence-corrected chi connectivity index (χ2v) is 13.0. The summed E-state index contributed by atoms with van der Waals surface area (Å²) in [5.74, 6) is 0.0671. The van der Waals surface area contributed by atoms with E-state index in [9.17, 15) is 33.2 Å². The van der Waals surface area contributed by atoms with Crippen LogP contribution in [0.3, 0.4) is 0 Å². The molecule has 252 valence electrons. The second kappa shape index (κ2) is 15.9. The molecular formula is C33H40N4O9S. The van der Waals surface area contributed by atoms with Crippen LogP contribution in [0, 0.1) is 27.2 Å². The number of aryl methyl sites for hydroxylation is 1. The summed E-state index contributed by atoms with van der Waals surface area (Å²) in [6.07, 6.45) is 6.65. The van der Waals surface area contributed by atoms with Crippen molar-refractivity contribution in [3.63, 3.8) is 0 Å². The molecule has 5 rings (SSSR count). The van der Waals surface area contributed by atoms with Crippen molar-refractivity contribution in [1.29, 1.82) is 0 Å². The van der Waals surface area contributed by atoms with Gasteiger partial charge in [0.15, 0.2) is 11.5 Å². The molecule has 2 aliphatic heterocycles. The maximum absolute atomic E-state index is 12.3. The van der Waals surface area contributed by atoms with Gasteiger partial charge in [-0.2, -0.15) is 0 Å². The van der Waals surface area contributed by atoms with E-state index >= 15 is 0 Å². The van der Waals surface area contributed by atoms with Crippen molar-refractivity contribution < 1.29 is 36.9 Å². The molecule has 0 bridgehead atoms. The van der Waals surface area contributed by atoms with Crippen molar-refractivity contribution in [1.82, 2.24) is 4.90 Å². The molecule has 3 aromatic carbocycles. The van der Waals surface area contributed by atoms with Crippen molar-refractivity contribution in [3.8, 4) is 11.5 Å². The van der Waals surface area contributed by atoms with Gasteiger partial charge in [0, 0.05) is 30.0 Å². The molecule has 0 aliphatic carbocycles. The van der Waals surface area contributed by atoms with E-state index in [0.717, 1.165) is 57.4 Å². The molecule has 47 heavy (non-hydrogen) atoms. The summed E-state index contributed by atoms with van der Waals surface area (Å²) < 4.78 is 44.1. The highest BCUT2D eigenvalue weighted by atomic mass is 32.2. The van der Waals surface area contributed by atoms with E-state index in [-0.39, 0.29) is 44.7 Å². The van der Waals surface area contributed by atoms with Gasteiger partial charge in [0.05, 0.1) is 34.9 Å². The fourth-order valence-corrected chi connectivity index (χ4v) is 6.73. The van der Waals surface area contributed by atoms with Crippen LogP contribution in [0.5, 0.6) is 11.5 Å². The van der Waals surface area contributed by atoms with Crippen molar-refractivity contribution >= 4 is 27.7 Å². The van der Waals surface area contributed by atoms with Crippen LogP contribution in [-0.2, 0) is 16.5 Å². The lowest BCUT2D eigenvalue weighted by Gasteiger charge is -2.32. The number of hydrogen-bond acceptors (Lipinski definition) is 10. The third-order valence-electron chi connectivity index (χ3n) is 8.55. The Kier molecular flexibility index (Phi) is 12.0. The van der Waals surface area contributed by atoms with Gasteiger partial charge in [0.2, 0.25) is 0 Å². The number of benzene rings is 3. The van der Waals surface area contributed by atoms with Gasteiger partial charge >= 0.3 is 11.4 Å². The summed E-state index contributed by atoms with van der Waals surface area (Å²) >= 11 is 0. The minimum Gasteiger partial charge on any atom is -0.744 e. The Morgan fingerprint density at radius 1 is 0.851 bits per heavy atom. The number of nitro groups is 2. The van der Waals surface area contributed by atoms with Crippen LogP contribution in [0.15, 0.2) is 65.6 Å². The highest BCUT2D eigenvalue weighted by Gasteiger charge is 2.39. The van der Waals surface area contributed by atoms with Gasteiger partial charge in [-0.3, -0.25) is 25.1 Å². The largest absolute Gasteiger partial charge is 0.744 e. The summed E-state index contributed by atoms with van der Waals surface area (Å²) in [6, 6.07) is 15.9. The standard InChI is InChI=1S/C26H33N4O6.C7H8O3S/c1-35-23-11-7-9-19(25(23)29(31)32)17-22(28-15-5-6-16-28)21(18-27-13-3-4-14-27)20-10-8-12-24(36-2)26(20)30(33)34;1-6-2-4-7(5-3-6)11(8,9)10/h7-12,18,21-22H,3-6,13-17H2,1-2H3;2-5H,1H3,(H,8,9,10)/q+1;/p-1. The van der Waals surface area contributed by atoms with Crippen molar-refractivity contribution in [2.45, 2.75) is 55.9 Å². The van der Waals surface area contributed by atoms with Crippen molar-refractivity contribution in [2.24, 2.45) is 0 Å². The Morgan fingerprint density at radius 2 is 1.40 bits per heavy atom. The molecule has 14 heteroatoms. The van der Waals surface area contributed by atoms with E-state index in [4.69, 9.17) is 9.47 Å². The third kappa shape index (κ3) is 8.90. The number of ether oxygens (including phenoxy) is 2. The second-order valence-electron chi connectivity index (χ2n) is 11.6. The van der Waals surface area contributed by atoms with Gasteiger partial charge in [-0.1, -0.05) is 42.0 Å². The van der Waals surface area contributed by atoms with Gasteiger partial charge in [0.25, 0.3) is 0 Å². The van der Waals surface area contributed by atoms with E-state index in [1.165, 1.54) is 26.4 Å². The molecule has 0 amide bonds. The first-order chi connectivity index (χ1) is 22.4. The van der Waals surface area contributed by atoms with Gasteiger partial charge in [-0.15, -0.1) is 0 Å². The minimum atomic E-state index is -4.27. The summed E-state index contributed by atoms with van der Waals surface area (Å²) in [5.41, 5.74) is 1.95. The van der Waals surface area contributed by atoms with Crippen LogP contribution in [0.2, 0.25) is 0 Å². The van der Waals surface area contributed by atoms with E-state index in [1.807, 2.05) is 6.92 Å². The predicted octanol–water partition coefficient (Wildman–Crippen LogP) is 5.09. The van der Waals surface area contributed by atoms with Crippen LogP contribution in [0.25, 0.3) is 0 Å². The Balaban J connectivity index is 0.000000385. The zero-order chi connectivity index (χ0) is 34.1. The zero-order valence-corrected chi connectivity index (χ0v) is 27.6. The molecule has 2 aliphatic rings. The average Bonchev–Trinajstić information content (AvgIpc) is 3.77. The number of para-hydroxylation sites is 2. The maximum Gasteiger partial charge on any atom is 0.314 e. The normalized spacial score (nSPS) is 16.1. The summed E-state index contributed by atoms with van der Waals surface area (Å²) in [4.78, 5) is 25.7. The highest BCUT2D eigenvalue weighted by molar-refractivity contribution is 7.85. The summed E-state index contributed by atoms with van der Waals surface area (Å²) in [5, 5.41) is 24.3. The lowest BCUT2D eigenvalue weighted by atomic mass is 9.85. The van der Waals surface area contributed by atoms with Crippen LogP contribution in [0.4, 0.5) is 11.4 Å². The molecular weight excluding hydrogens is 628 g/mol. The molecule has 2 unspecified atom stereocenters. The van der Waals surface area contributed by atoms with Crippen molar-refractivity contribution in [3.05, 3.63) is 97.6 Å². The minimum absolute atomic E-state index is 0.0511.